The number of aliphatic hydroxyl groups is 1. The molecular formula is C42H72N8O9. The normalized spacial score (nSPS) is 21.3. The molecule has 0 radical (unpaired) electrons. The molecule has 17 nitrogen and oxygen atoms in total. The lowest BCUT2D eigenvalue weighted by atomic mass is 9.95. The average molecular weight is 833 g/mol. The van der Waals surface area contributed by atoms with Crippen LogP contribution in [-0.2, 0) is 38.4 Å². The topological polar surface area (TPSA) is 227 Å². The molecule has 59 heavy (non-hydrogen) atoms. The number of aliphatic hydroxyl groups excluding tert-OH is 1. The lowest BCUT2D eigenvalue weighted by molar-refractivity contribution is -0.144. The molecule has 0 aromatic rings. The summed E-state index contributed by atoms with van der Waals surface area (Å²) in [4.78, 5) is 112. The Morgan fingerprint density at radius 2 is 1.17 bits per heavy atom. The third-order valence-corrected chi connectivity index (χ3v) is 11.9. The summed E-state index contributed by atoms with van der Waals surface area (Å²) in [5, 5.41) is 24.2. The second-order valence-electron chi connectivity index (χ2n) is 17.8. The van der Waals surface area contributed by atoms with Gasteiger partial charge in [0.15, 0.2) is 0 Å². The second-order valence-corrected chi connectivity index (χ2v) is 17.8. The lowest BCUT2D eigenvalue weighted by Crippen LogP contribution is -2.62. The van der Waals surface area contributed by atoms with Gasteiger partial charge in [0, 0.05) is 34.1 Å². The number of rotatable bonds is 20. The van der Waals surface area contributed by atoms with Gasteiger partial charge in [0.05, 0.1) is 6.61 Å². The summed E-state index contributed by atoms with van der Waals surface area (Å²) in [6.45, 7) is 12.5. The first-order chi connectivity index (χ1) is 27.8. The van der Waals surface area contributed by atoms with Crippen LogP contribution in [0.1, 0.15) is 119 Å². The number of carbonyl (C=O) groups is 8. The smallest absolute Gasteiger partial charge is 0.246 e. The largest absolute Gasteiger partial charge is 0.394 e. The van der Waals surface area contributed by atoms with Gasteiger partial charge in [0.1, 0.15) is 42.3 Å². The fourth-order valence-electron chi connectivity index (χ4n) is 8.53. The van der Waals surface area contributed by atoms with Crippen LogP contribution in [0.4, 0.5) is 0 Å². The van der Waals surface area contributed by atoms with E-state index in [1.807, 2.05) is 34.6 Å². The van der Waals surface area contributed by atoms with Crippen molar-refractivity contribution in [2.45, 2.75) is 161 Å². The van der Waals surface area contributed by atoms with E-state index >= 15 is 0 Å². The molecule has 0 spiro atoms. The molecule has 0 unspecified atom stereocenters. The van der Waals surface area contributed by atoms with Gasteiger partial charge in [0.25, 0.3) is 0 Å². The highest BCUT2D eigenvalue weighted by atomic mass is 16.3. The Kier molecular flexibility index (Phi) is 19.1. The zero-order valence-electron chi connectivity index (χ0n) is 36.8. The fraction of sp³-hybridized carbons (Fsp3) is 0.810. The second kappa shape index (κ2) is 22.9. The number of likely N-dealkylation sites (N-methyl/N-ethyl adjacent to an activating group) is 1. The number of nitrogens with zero attached hydrogens (tertiary/aromatic N) is 3. The van der Waals surface area contributed by atoms with E-state index in [9.17, 15) is 43.5 Å². The average Bonchev–Trinajstić information content (AvgIpc) is 3.98. The van der Waals surface area contributed by atoms with Crippen molar-refractivity contribution in [1.29, 1.82) is 0 Å². The maximum atomic E-state index is 14.3. The van der Waals surface area contributed by atoms with E-state index in [-0.39, 0.29) is 35.5 Å². The Morgan fingerprint density at radius 3 is 1.66 bits per heavy atom. The van der Waals surface area contributed by atoms with Crippen LogP contribution in [0.3, 0.4) is 0 Å². The van der Waals surface area contributed by atoms with Gasteiger partial charge in [-0.25, -0.2) is 0 Å². The summed E-state index contributed by atoms with van der Waals surface area (Å²) in [6, 6.07) is -6.86. The number of likely N-dealkylation sites (tertiary alicyclic amines) is 2. The van der Waals surface area contributed by atoms with Crippen LogP contribution in [-0.4, -0.2) is 143 Å². The Hall–Kier alpha value is -4.28. The van der Waals surface area contributed by atoms with Crippen molar-refractivity contribution >= 4 is 47.3 Å². The van der Waals surface area contributed by atoms with Gasteiger partial charge in [-0.15, -0.1) is 0 Å². The molecule has 8 amide bonds. The lowest BCUT2D eigenvalue weighted by Gasteiger charge is -2.33. The first kappa shape index (κ1) is 49.1. The zero-order valence-corrected chi connectivity index (χ0v) is 36.8. The van der Waals surface area contributed by atoms with Crippen LogP contribution in [0.25, 0.3) is 0 Å². The van der Waals surface area contributed by atoms with Crippen LogP contribution < -0.4 is 26.6 Å². The Bertz CT molecular complexity index is 1500. The molecule has 0 aromatic heterocycles. The van der Waals surface area contributed by atoms with Crippen LogP contribution in [0.2, 0.25) is 0 Å². The summed E-state index contributed by atoms with van der Waals surface area (Å²) < 4.78 is 0. The molecule has 3 fully saturated rings. The maximum Gasteiger partial charge on any atom is 0.246 e. The van der Waals surface area contributed by atoms with Gasteiger partial charge in [-0.2, -0.15) is 0 Å². The Balaban J connectivity index is 1.76. The molecule has 2 heterocycles. The summed E-state index contributed by atoms with van der Waals surface area (Å²) >= 11 is 0. The monoisotopic (exact) mass is 833 g/mol. The Labute approximate surface area is 350 Å². The fourth-order valence-corrected chi connectivity index (χ4v) is 8.53. The van der Waals surface area contributed by atoms with Crippen LogP contribution in [0.5, 0.6) is 0 Å². The van der Waals surface area contributed by atoms with Gasteiger partial charge in [0.2, 0.25) is 47.3 Å². The molecule has 0 aromatic carbocycles. The summed E-state index contributed by atoms with van der Waals surface area (Å²) in [5.41, 5.74) is 0. The molecule has 3 rings (SSSR count). The first-order valence-electron chi connectivity index (χ1n) is 21.7. The number of amides is 8. The summed E-state index contributed by atoms with van der Waals surface area (Å²) in [6.07, 6.45) is 6.21. The minimum absolute atomic E-state index is 0.102. The van der Waals surface area contributed by atoms with E-state index in [1.165, 1.54) is 21.6 Å². The highest BCUT2D eigenvalue weighted by Crippen LogP contribution is 2.31. The van der Waals surface area contributed by atoms with E-state index in [0.717, 1.165) is 12.8 Å². The van der Waals surface area contributed by atoms with E-state index in [0.29, 0.717) is 70.9 Å². The number of hydrogen-bond donors (Lipinski definition) is 6. The third kappa shape index (κ3) is 13.6. The predicted molar refractivity (Wildman–Crippen MR) is 221 cm³/mol. The SMILES string of the molecule is CC[C@H](C)[C@H](NC(=O)[C@@H]1CCCN1C(=O)[C@H](CC(C)C)NC(C)=O)C(=O)N[C@@H](CO)C(=O)N[C@H](C(=O)N1CCC[C@H]1C(=O)N[C@@H](CC(C)C)C(=O)N(C)C)C1CCCC1. The van der Waals surface area contributed by atoms with Crippen LogP contribution >= 0.6 is 0 Å². The van der Waals surface area contributed by atoms with E-state index in [1.54, 1.807) is 21.0 Å². The van der Waals surface area contributed by atoms with Gasteiger partial charge in [-0.3, -0.25) is 38.4 Å². The molecule has 6 N–H and O–H groups in total. The quantitative estimate of drug-likeness (QED) is 0.102. The van der Waals surface area contributed by atoms with Crippen molar-refractivity contribution in [3.8, 4) is 0 Å². The summed E-state index contributed by atoms with van der Waals surface area (Å²) in [7, 11) is 3.25. The molecule has 2 saturated heterocycles. The summed E-state index contributed by atoms with van der Waals surface area (Å²) in [5.74, 6) is -4.26. The van der Waals surface area contributed by atoms with Crippen LogP contribution in [0, 0.1) is 23.7 Å². The highest BCUT2D eigenvalue weighted by Gasteiger charge is 2.44. The van der Waals surface area contributed by atoms with Gasteiger partial charge >= 0.3 is 0 Å². The van der Waals surface area contributed by atoms with Crippen LogP contribution in [0.15, 0.2) is 0 Å². The van der Waals surface area contributed by atoms with Crippen molar-refractivity contribution in [2.24, 2.45) is 23.7 Å². The molecule has 1 aliphatic carbocycles. The molecule has 2 aliphatic heterocycles. The van der Waals surface area contributed by atoms with Gasteiger partial charge in [-0.05, 0) is 75.0 Å². The van der Waals surface area contributed by atoms with E-state index in [2.05, 4.69) is 26.6 Å². The third-order valence-electron chi connectivity index (χ3n) is 11.9. The molecule has 17 heteroatoms. The molecule has 8 atom stereocenters. The predicted octanol–water partition coefficient (Wildman–Crippen LogP) is 0.821. The number of carbonyl (C=O) groups excluding carboxylic acids is 8. The van der Waals surface area contributed by atoms with Gasteiger partial charge in [-0.1, -0.05) is 60.8 Å². The first-order valence-corrected chi connectivity index (χ1v) is 21.7. The van der Waals surface area contributed by atoms with Crippen molar-refractivity contribution in [3.05, 3.63) is 0 Å². The molecular weight excluding hydrogens is 761 g/mol. The minimum atomic E-state index is -1.46. The molecule has 1 saturated carbocycles. The highest BCUT2D eigenvalue weighted by molar-refractivity contribution is 5.98. The molecule has 3 aliphatic rings. The van der Waals surface area contributed by atoms with Crippen molar-refractivity contribution in [1.82, 2.24) is 41.3 Å². The number of nitrogens with one attached hydrogen (secondary N) is 5. The molecule has 0 bridgehead atoms. The van der Waals surface area contributed by atoms with E-state index in [4.69, 9.17) is 0 Å². The van der Waals surface area contributed by atoms with Crippen molar-refractivity contribution < 1.29 is 43.5 Å². The molecule has 334 valence electrons. The van der Waals surface area contributed by atoms with Crippen molar-refractivity contribution in [3.63, 3.8) is 0 Å². The maximum absolute atomic E-state index is 14.3. The minimum Gasteiger partial charge on any atom is -0.394 e. The Morgan fingerprint density at radius 1 is 0.644 bits per heavy atom. The zero-order chi connectivity index (χ0) is 44.1. The standard InChI is InChI=1S/C42H72N8O9/c1-10-26(6)34(46-38(55)33-18-13-19-49(33)41(58)30(22-25(4)5)43-27(7)52)39(56)45-31(23-51)36(53)47-35(28-15-11-12-16-28)42(59)50-20-14-17-32(50)37(54)44-29(21-24(2)3)40(57)48(8)9/h24-26,28-35,51H,10-23H2,1-9H3,(H,43,52)(H,44,54)(H,45,56)(H,46,55)(H,47,53)/t26-,29-,30-,31-,32-,33-,34-,35-/m0/s1. The van der Waals surface area contributed by atoms with Crippen molar-refractivity contribution in [2.75, 3.05) is 33.8 Å². The number of hydrogen-bond acceptors (Lipinski definition) is 9. The van der Waals surface area contributed by atoms with E-state index < -0.39 is 84.4 Å². The van der Waals surface area contributed by atoms with Gasteiger partial charge < -0.3 is 46.4 Å².